The number of pyridine rings is 1. The number of halogens is 3. The molecular formula is C34H23BrCl2N2O5. The van der Waals surface area contributed by atoms with Crippen LogP contribution in [0.3, 0.4) is 0 Å². The van der Waals surface area contributed by atoms with E-state index in [1.54, 1.807) is 67.6 Å². The van der Waals surface area contributed by atoms with E-state index < -0.39 is 12.6 Å². The van der Waals surface area contributed by atoms with Gasteiger partial charge in [-0.1, -0.05) is 47.5 Å². The molecule has 0 radical (unpaired) electrons. The van der Waals surface area contributed by atoms with Crippen molar-refractivity contribution in [3.05, 3.63) is 104 Å². The summed E-state index contributed by atoms with van der Waals surface area (Å²) in [5.74, 6) is -1.69. The van der Waals surface area contributed by atoms with Crippen LogP contribution in [0.4, 0.5) is 5.69 Å². The summed E-state index contributed by atoms with van der Waals surface area (Å²) in [6.07, 6.45) is 5.00. The molecule has 2 bridgehead atoms. The highest BCUT2D eigenvalue weighted by molar-refractivity contribution is 9.10. The van der Waals surface area contributed by atoms with Gasteiger partial charge in [-0.3, -0.25) is 19.3 Å². The van der Waals surface area contributed by atoms with Gasteiger partial charge in [0.05, 0.1) is 39.3 Å². The Kier molecular flexibility index (Phi) is 7.19. The first kappa shape index (κ1) is 28.9. The highest BCUT2D eigenvalue weighted by atomic mass is 79.9. The third-order valence-electron chi connectivity index (χ3n) is 8.84. The Balaban J connectivity index is 1.20. The Morgan fingerprint density at radius 1 is 0.955 bits per heavy atom. The van der Waals surface area contributed by atoms with Crippen LogP contribution in [0, 0.1) is 30.6 Å². The number of benzene rings is 3. The molecule has 2 heterocycles. The largest absolute Gasteiger partial charge is 0.454 e. The van der Waals surface area contributed by atoms with Crippen molar-refractivity contribution in [3.63, 3.8) is 0 Å². The van der Waals surface area contributed by atoms with Crippen LogP contribution in [-0.2, 0) is 14.3 Å². The second-order valence-corrected chi connectivity index (χ2v) is 13.0. The quantitative estimate of drug-likeness (QED) is 0.0895. The molecule has 2 fully saturated rings. The average Bonchev–Trinajstić information content (AvgIpc) is 3.72. The van der Waals surface area contributed by atoms with Gasteiger partial charge in [0.1, 0.15) is 0 Å². The van der Waals surface area contributed by atoms with E-state index in [9.17, 15) is 19.2 Å². The van der Waals surface area contributed by atoms with Crippen LogP contribution in [0.25, 0.3) is 22.2 Å². The monoisotopic (exact) mass is 688 g/mol. The number of Topliss-reactive ketones (excluding diaryl/α,β-unsaturated/α-hetero) is 1. The lowest BCUT2D eigenvalue weighted by atomic mass is 9.85. The van der Waals surface area contributed by atoms with Crippen molar-refractivity contribution in [2.45, 2.75) is 13.3 Å². The van der Waals surface area contributed by atoms with E-state index in [2.05, 4.69) is 28.1 Å². The maximum absolute atomic E-state index is 13.4. The van der Waals surface area contributed by atoms with E-state index in [0.717, 1.165) is 6.42 Å². The Bertz CT molecular complexity index is 1910. The fourth-order valence-electron chi connectivity index (χ4n) is 6.64. The predicted octanol–water partition coefficient (Wildman–Crippen LogP) is 7.63. The summed E-state index contributed by atoms with van der Waals surface area (Å²) >= 11 is 15.9. The third-order valence-corrected chi connectivity index (χ3v) is 10.4. The number of amides is 2. The second-order valence-electron chi connectivity index (χ2n) is 11.3. The van der Waals surface area contributed by atoms with Gasteiger partial charge >= 0.3 is 5.97 Å². The number of ether oxygens (including phenoxy) is 1. The Hall–Kier alpha value is -3.85. The molecule has 4 atom stereocenters. The summed E-state index contributed by atoms with van der Waals surface area (Å²) in [7, 11) is 0. The molecule has 1 aliphatic heterocycles. The number of carbonyl (C=O) groups excluding carboxylic acids is 4. The summed E-state index contributed by atoms with van der Waals surface area (Å²) in [6.45, 7) is 1.34. The molecule has 4 unspecified atom stereocenters. The molecule has 2 aliphatic carbocycles. The van der Waals surface area contributed by atoms with E-state index in [4.69, 9.17) is 32.9 Å². The van der Waals surface area contributed by atoms with E-state index in [0.29, 0.717) is 53.5 Å². The highest BCUT2D eigenvalue weighted by Gasteiger charge is 2.59. The number of carbonyl (C=O) groups is 4. The SMILES string of the molecule is Cc1c(Cl)c(Br)cc2c(C(=O)OCC(=O)c3ccc(Cl)cc3)cc(-c3ccc(N4C(=O)C5C6C=CC(C6)C5C4=O)cc3)nc12. The molecule has 1 saturated carbocycles. The van der Waals surface area contributed by atoms with E-state index in [-0.39, 0.29) is 46.8 Å². The second kappa shape index (κ2) is 10.9. The highest BCUT2D eigenvalue weighted by Crippen LogP contribution is 2.53. The lowest BCUT2D eigenvalue weighted by Gasteiger charge is -2.18. The van der Waals surface area contributed by atoms with Crippen molar-refractivity contribution in [2.24, 2.45) is 23.7 Å². The molecule has 7 rings (SSSR count). The number of imide groups is 1. The first-order valence-electron chi connectivity index (χ1n) is 14.0. The van der Waals surface area contributed by atoms with Crippen LogP contribution in [0.15, 0.2) is 77.3 Å². The van der Waals surface area contributed by atoms with Crippen molar-refractivity contribution in [1.29, 1.82) is 0 Å². The Morgan fingerprint density at radius 2 is 1.59 bits per heavy atom. The van der Waals surface area contributed by atoms with Gasteiger partial charge in [0.15, 0.2) is 12.4 Å². The first-order chi connectivity index (χ1) is 21.1. The number of fused-ring (bicyclic) bond motifs is 6. The summed E-state index contributed by atoms with van der Waals surface area (Å²) < 4.78 is 6.05. The molecule has 44 heavy (non-hydrogen) atoms. The molecule has 7 nitrogen and oxygen atoms in total. The number of hydrogen-bond donors (Lipinski definition) is 0. The van der Waals surface area contributed by atoms with Gasteiger partial charge < -0.3 is 4.74 Å². The van der Waals surface area contributed by atoms with Gasteiger partial charge in [-0.05, 0) is 95.2 Å². The summed E-state index contributed by atoms with van der Waals surface area (Å²) in [4.78, 5) is 58.8. The Labute approximate surface area is 270 Å². The minimum Gasteiger partial charge on any atom is -0.454 e. The first-order valence-corrected chi connectivity index (χ1v) is 15.6. The molecule has 2 amide bonds. The Morgan fingerprint density at radius 3 is 2.23 bits per heavy atom. The molecule has 3 aromatic carbocycles. The van der Waals surface area contributed by atoms with Crippen LogP contribution >= 0.6 is 39.1 Å². The number of ketones is 1. The number of anilines is 1. The number of hydrogen-bond acceptors (Lipinski definition) is 6. The van der Waals surface area contributed by atoms with Gasteiger partial charge in [0, 0.05) is 26.0 Å². The minimum atomic E-state index is -0.700. The molecule has 4 aromatic rings. The van der Waals surface area contributed by atoms with Gasteiger partial charge in [-0.2, -0.15) is 0 Å². The molecular weight excluding hydrogens is 667 g/mol. The number of aryl methyl sites for hydroxylation is 1. The standard InChI is InChI=1S/C34H23BrCl2N2O5/c1-16-30(37)25(35)13-23-24(34(43)44-15-27(40)18-4-8-21(36)9-5-18)14-26(38-31(16)23)17-6-10-22(11-7-17)39-32(41)28-19-2-3-20(12-19)29(28)33(39)42/h2-11,13-14,19-20,28-29H,12,15H2,1H3. The van der Waals surface area contributed by atoms with E-state index in [1.807, 2.05) is 0 Å². The number of rotatable bonds is 6. The van der Waals surface area contributed by atoms with E-state index >= 15 is 0 Å². The average molecular weight is 690 g/mol. The fraction of sp³-hybridized carbons (Fsp3) is 0.206. The zero-order valence-corrected chi connectivity index (χ0v) is 26.3. The molecule has 3 aliphatic rings. The normalized spacial score (nSPS) is 21.8. The molecule has 10 heteroatoms. The molecule has 1 saturated heterocycles. The van der Waals surface area contributed by atoms with Crippen molar-refractivity contribution >= 4 is 79.3 Å². The van der Waals surface area contributed by atoms with Crippen LogP contribution < -0.4 is 4.90 Å². The van der Waals surface area contributed by atoms with Crippen molar-refractivity contribution in [3.8, 4) is 11.3 Å². The molecule has 1 aromatic heterocycles. The third kappa shape index (κ3) is 4.67. The van der Waals surface area contributed by atoms with Gasteiger partial charge in [0.25, 0.3) is 0 Å². The zero-order chi connectivity index (χ0) is 30.9. The number of aromatic nitrogens is 1. The lowest BCUT2D eigenvalue weighted by molar-refractivity contribution is -0.123. The topological polar surface area (TPSA) is 93.6 Å². The molecule has 220 valence electrons. The maximum atomic E-state index is 13.4. The van der Waals surface area contributed by atoms with Crippen LogP contribution in [-0.4, -0.2) is 35.2 Å². The lowest BCUT2D eigenvalue weighted by Crippen LogP contribution is -2.32. The number of allylic oxidation sites excluding steroid dienone is 2. The zero-order valence-electron chi connectivity index (χ0n) is 23.2. The minimum absolute atomic E-state index is 0.127. The fourth-order valence-corrected chi connectivity index (χ4v) is 7.44. The number of nitrogens with zero attached hydrogens (tertiary/aromatic N) is 2. The summed E-state index contributed by atoms with van der Waals surface area (Å²) in [5, 5.41) is 1.45. The van der Waals surface area contributed by atoms with Crippen LogP contribution in [0.5, 0.6) is 0 Å². The summed E-state index contributed by atoms with van der Waals surface area (Å²) in [5.41, 5.74) is 3.35. The number of esters is 1. The van der Waals surface area contributed by atoms with E-state index in [1.165, 1.54) is 4.90 Å². The van der Waals surface area contributed by atoms with Gasteiger partial charge in [-0.15, -0.1) is 0 Å². The van der Waals surface area contributed by atoms with Crippen molar-refractivity contribution < 1.29 is 23.9 Å². The predicted molar refractivity (Wildman–Crippen MR) is 171 cm³/mol. The van der Waals surface area contributed by atoms with Crippen molar-refractivity contribution in [1.82, 2.24) is 4.98 Å². The smallest absolute Gasteiger partial charge is 0.339 e. The van der Waals surface area contributed by atoms with Crippen LogP contribution in [0.1, 0.15) is 32.7 Å². The summed E-state index contributed by atoms with van der Waals surface area (Å²) in [6, 6.07) is 16.6. The van der Waals surface area contributed by atoms with Crippen LogP contribution in [0.2, 0.25) is 10.0 Å². The molecule has 0 N–H and O–H groups in total. The van der Waals surface area contributed by atoms with Gasteiger partial charge in [-0.25, -0.2) is 9.78 Å². The van der Waals surface area contributed by atoms with Gasteiger partial charge in [0.2, 0.25) is 11.8 Å². The maximum Gasteiger partial charge on any atom is 0.339 e. The molecule has 0 spiro atoms. The van der Waals surface area contributed by atoms with Crippen molar-refractivity contribution in [2.75, 3.05) is 11.5 Å².